The van der Waals surface area contributed by atoms with Crippen LogP contribution in [-0.4, -0.2) is 37.1 Å². The highest BCUT2D eigenvalue weighted by Crippen LogP contribution is 2.52. The summed E-state index contributed by atoms with van der Waals surface area (Å²) in [6.07, 6.45) is -12.1. The van der Waals surface area contributed by atoms with E-state index in [1.54, 1.807) is 0 Å². The fraction of sp³-hybridized carbons (Fsp3) is 0.312. The Morgan fingerprint density at radius 2 is 1.62 bits per heavy atom. The van der Waals surface area contributed by atoms with Crippen LogP contribution in [0.15, 0.2) is 36.4 Å². The highest BCUT2D eigenvalue weighted by Gasteiger charge is 2.72. The van der Waals surface area contributed by atoms with E-state index in [0.717, 1.165) is 13.2 Å². The normalized spacial score (nSPS) is 13.1. The first-order chi connectivity index (χ1) is 11.9. The van der Waals surface area contributed by atoms with Crippen molar-refractivity contribution in [2.75, 3.05) is 19.0 Å². The summed E-state index contributed by atoms with van der Waals surface area (Å²) in [5, 5.41) is 11.9. The highest BCUT2D eigenvalue weighted by atomic mass is 19.4. The summed E-state index contributed by atoms with van der Waals surface area (Å²) in [7, 11) is 1.13. The van der Waals surface area contributed by atoms with Crippen LogP contribution in [0.2, 0.25) is 0 Å². The molecule has 0 aliphatic rings. The number of hydrogen-bond donors (Lipinski definition) is 2. The SMILES string of the molecule is COCC(=O)Nc1c(C(O)(C(F)(F)F)C(F)(F)F)ccc2ccccc12. The number of carbonyl (C=O) groups excluding carboxylic acids is 1. The first-order valence-electron chi connectivity index (χ1n) is 7.10. The van der Waals surface area contributed by atoms with Crippen molar-refractivity contribution in [3.05, 3.63) is 42.0 Å². The van der Waals surface area contributed by atoms with Crippen molar-refractivity contribution in [3.63, 3.8) is 0 Å². The molecule has 142 valence electrons. The van der Waals surface area contributed by atoms with Gasteiger partial charge in [-0.15, -0.1) is 0 Å². The topological polar surface area (TPSA) is 58.6 Å². The zero-order chi connectivity index (χ0) is 19.8. The number of benzene rings is 2. The number of halogens is 6. The molecule has 26 heavy (non-hydrogen) atoms. The van der Waals surface area contributed by atoms with Gasteiger partial charge in [0, 0.05) is 18.1 Å². The van der Waals surface area contributed by atoms with E-state index in [1.807, 2.05) is 5.32 Å². The number of carbonyl (C=O) groups is 1. The molecule has 0 atom stereocenters. The second kappa shape index (κ2) is 6.76. The summed E-state index contributed by atoms with van der Waals surface area (Å²) in [5.41, 5.74) is -7.48. The molecule has 2 aromatic carbocycles. The molecule has 4 nitrogen and oxygen atoms in total. The molecule has 0 fully saturated rings. The zero-order valence-corrected chi connectivity index (χ0v) is 13.2. The van der Waals surface area contributed by atoms with Crippen LogP contribution >= 0.6 is 0 Å². The Hall–Kier alpha value is -2.33. The predicted octanol–water partition coefficient (Wildman–Crippen LogP) is 3.74. The summed E-state index contributed by atoms with van der Waals surface area (Å²) in [4.78, 5) is 11.8. The van der Waals surface area contributed by atoms with Crippen LogP contribution in [0.1, 0.15) is 5.56 Å². The third kappa shape index (κ3) is 3.34. The Bertz CT molecular complexity index is 802. The lowest BCUT2D eigenvalue weighted by atomic mass is 9.88. The fourth-order valence-electron chi connectivity index (χ4n) is 2.48. The lowest BCUT2D eigenvalue weighted by molar-refractivity contribution is -0.375. The number of rotatable bonds is 4. The maximum absolute atomic E-state index is 13.2. The van der Waals surface area contributed by atoms with Gasteiger partial charge in [-0.2, -0.15) is 26.3 Å². The first-order valence-corrected chi connectivity index (χ1v) is 7.10. The Kier molecular flexibility index (Phi) is 5.20. The van der Waals surface area contributed by atoms with E-state index >= 15 is 0 Å². The van der Waals surface area contributed by atoms with Crippen LogP contribution < -0.4 is 5.32 Å². The van der Waals surface area contributed by atoms with Gasteiger partial charge in [0.15, 0.2) is 0 Å². The number of nitrogens with one attached hydrogen (secondary N) is 1. The van der Waals surface area contributed by atoms with Gasteiger partial charge in [0.25, 0.3) is 5.60 Å². The minimum absolute atomic E-state index is 0.0959. The van der Waals surface area contributed by atoms with Crippen molar-refractivity contribution >= 4 is 22.4 Å². The standard InChI is InChI=1S/C16H13F6NO3/c1-26-8-12(24)23-13-10-5-3-2-4-9(10)6-7-11(13)14(25,15(17,18)19)16(20,21)22/h2-7,25H,8H2,1H3,(H,23,24). The molecule has 0 aromatic heterocycles. The number of hydrogen-bond acceptors (Lipinski definition) is 3. The van der Waals surface area contributed by atoms with Gasteiger partial charge in [-0.25, -0.2) is 0 Å². The Labute approximate surface area is 143 Å². The van der Waals surface area contributed by atoms with Crippen molar-refractivity contribution in [2.24, 2.45) is 0 Å². The second-order valence-corrected chi connectivity index (χ2v) is 5.40. The maximum atomic E-state index is 13.2. The fourth-order valence-corrected chi connectivity index (χ4v) is 2.48. The van der Waals surface area contributed by atoms with Gasteiger partial charge in [-0.1, -0.05) is 36.4 Å². The number of anilines is 1. The molecule has 0 aliphatic heterocycles. The van der Waals surface area contributed by atoms with E-state index in [0.29, 0.717) is 6.07 Å². The average molecular weight is 381 g/mol. The summed E-state index contributed by atoms with van der Waals surface area (Å²) >= 11 is 0. The van der Waals surface area contributed by atoms with Crippen LogP contribution in [0.3, 0.4) is 0 Å². The first kappa shape index (κ1) is 20.0. The summed E-state index contributed by atoms with van der Waals surface area (Å²) in [6, 6.07) is 7.05. The molecule has 0 radical (unpaired) electrons. The highest BCUT2D eigenvalue weighted by molar-refractivity contribution is 6.04. The molecule has 1 amide bonds. The van der Waals surface area contributed by atoms with Gasteiger partial charge >= 0.3 is 12.4 Å². The molecule has 2 N–H and O–H groups in total. The molecule has 0 unspecified atom stereocenters. The largest absolute Gasteiger partial charge is 0.430 e. The summed E-state index contributed by atoms with van der Waals surface area (Å²) < 4.78 is 84.0. The van der Waals surface area contributed by atoms with Crippen molar-refractivity contribution in [1.82, 2.24) is 0 Å². The number of methoxy groups -OCH3 is 1. The summed E-state index contributed by atoms with van der Waals surface area (Å²) in [5.74, 6) is -0.975. The minimum Gasteiger partial charge on any atom is -0.375 e. The van der Waals surface area contributed by atoms with Crippen LogP contribution in [0.4, 0.5) is 32.0 Å². The van der Waals surface area contributed by atoms with Gasteiger partial charge in [-0.3, -0.25) is 4.79 Å². The Balaban J connectivity index is 2.82. The number of fused-ring (bicyclic) bond motifs is 1. The molecule has 0 heterocycles. The lowest BCUT2D eigenvalue weighted by Gasteiger charge is -2.34. The van der Waals surface area contributed by atoms with Gasteiger partial charge in [0.2, 0.25) is 5.91 Å². The van der Waals surface area contributed by atoms with Gasteiger partial charge in [-0.05, 0) is 5.39 Å². The van der Waals surface area contributed by atoms with Crippen molar-refractivity contribution in [1.29, 1.82) is 0 Å². The number of alkyl halides is 6. The van der Waals surface area contributed by atoms with Gasteiger partial charge in [0.1, 0.15) is 6.61 Å². The molecule has 0 saturated carbocycles. The van der Waals surface area contributed by atoms with E-state index in [-0.39, 0.29) is 10.8 Å². The van der Waals surface area contributed by atoms with Crippen molar-refractivity contribution in [2.45, 2.75) is 18.0 Å². The number of ether oxygens (including phenoxy) is 1. The van der Waals surface area contributed by atoms with E-state index < -0.39 is 41.7 Å². The third-order valence-corrected chi connectivity index (χ3v) is 3.68. The Morgan fingerprint density at radius 1 is 1.04 bits per heavy atom. The molecule has 2 aromatic rings. The average Bonchev–Trinajstić information content (AvgIpc) is 2.52. The third-order valence-electron chi connectivity index (χ3n) is 3.68. The van der Waals surface area contributed by atoms with Crippen LogP contribution in [-0.2, 0) is 15.1 Å². The summed E-state index contributed by atoms with van der Waals surface area (Å²) in [6.45, 7) is -0.598. The van der Waals surface area contributed by atoms with Crippen LogP contribution in [0.5, 0.6) is 0 Å². The second-order valence-electron chi connectivity index (χ2n) is 5.40. The molecule has 2 rings (SSSR count). The zero-order valence-electron chi connectivity index (χ0n) is 13.2. The van der Waals surface area contributed by atoms with Gasteiger partial charge in [0.05, 0.1) is 5.69 Å². The van der Waals surface area contributed by atoms with Crippen molar-refractivity contribution < 1.29 is 41.0 Å². The minimum atomic E-state index is -6.07. The van der Waals surface area contributed by atoms with Gasteiger partial charge < -0.3 is 15.2 Å². The lowest BCUT2D eigenvalue weighted by Crippen LogP contribution is -2.54. The molecular formula is C16H13F6NO3. The Morgan fingerprint density at radius 3 is 2.15 bits per heavy atom. The maximum Gasteiger partial charge on any atom is 0.430 e. The van der Waals surface area contributed by atoms with E-state index in [2.05, 4.69) is 4.74 Å². The molecule has 0 saturated heterocycles. The number of aliphatic hydroxyl groups is 1. The molecule has 0 spiro atoms. The number of amides is 1. The van der Waals surface area contributed by atoms with E-state index in [9.17, 15) is 36.2 Å². The molecule has 0 bridgehead atoms. The van der Waals surface area contributed by atoms with E-state index in [4.69, 9.17) is 0 Å². The molecule has 0 aliphatic carbocycles. The van der Waals surface area contributed by atoms with Crippen LogP contribution in [0.25, 0.3) is 10.8 Å². The van der Waals surface area contributed by atoms with E-state index in [1.165, 1.54) is 24.3 Å². The monoisotopic (exact) mass is 381 g/mol. The predicted molar refractivity (Wildman–Crippen MR) is 80.5 cm³/mol. The molecule has 10 heteroatoms. The van der Waals surface area contributed by atoms with Crippen LogP contribution in [0, 0.1) is 0 Å². The smallest absolute Gasteiger partial charge is 0.375 e. The van der Waals surface area contributed by atoms with Crippen molar-refractivity contribution in [3.8, 4) is 0 Å². The quantitative estimate of drug-likeness (QED) is 0.794. The molecular weight excluding hydrogens is 368 g/mol.